The second kappa shape index (κ2) is 11.0. The van der Waals surface area contributed by atoms with E-state index in [2.05, 4.69) is 27.7 Å². The summed E-state index contributed by atoms with van der Waals surface area (Å²) < 4.78 is 66.0. The quantitative estimate of drug-likeness (QED) is 0.226. The van der Waals surface area contributed by atoms with Crippen molar-refractivity contribution in [1.82, 2.24) is 21.3 Å². The Morgan fingerprint density at radius 2 is 1.67 bits per heavy atom. The lowest BCUT2D eigenvalue weighted by Gasteiger charge is -2.33. The molecule has 4 N–H and O–H groups in total. The Labute approximate surface area is 223 Å². The van der Waals surface area contributed by atoms with Crippen molar-refractivity contribution in [3.63, 3.8) is 0 Å². The van der Waals surface area contributed by atoms with Gasteiger partial charge in [0.1, 0.15) is 12.1 Å². The Morgan fingerprint density at radius 1 is 1.05 bits per heavy atom. The summed E-state index contributed by atoms with van der Waals surface area (Å²) >= 11 is 0. The largest absolute Gasteiger partial charge is 0.471 e. The highest BCUT2D eigenvalue weighted by atomic mass is 19.4. The van der Waals surface area contributed by atoms with Crippen molar-refractivity contribution in [2.24, 2.45) is 22.2 Å². The molecule has 3 aliphatic rings. The molecule has 220 valence electrons. The van der Waals surface area contributed by atoms with Crippen molar-refractivity contribution in [2.75, 3.05) is 6.54 Å². The van der Waals surface area contributed by atoms with Crippen LogP contribution >= 0.6 is 0 Å². The number of hydrogen-bond donors (Lipinski definition) is 4. The van der Waals surface area contributed by atoms with Crippen LogP contribution in [0.25, 0.3) is 0 Å². The summed E-state index contributed by atoms with van der Waals surface area (Å²) in [6.07, 6.45) is -2.75. The fourth-order valence-electron chi connectivity index (χ4n) is 4.92. The third-order valence-electron chi connectivity index (χ3n) is 7.62. The van der Waals surface area contributed by atoms with E-state index in [-0.39, 0.29) is 24.4 Å². The maximum Gasteiger partial charge on any atom is 0.471 e. The van der Waals surface area contributed by atoms with Crippen LogP contribution in [0.4, 0.5) is 22.0 Å². The lowest BCUT2D eigenvalue weighted by Crippen LogP contribution is -2.60. The molecule has 0 aromatic heterocycles. The highest BCUT2D eigenvalue weighted by Crippen LogP contribution is 2.51. The second-order valence-electron chi connectivity index (χ2n) is 12.1. The van der Waals surface area contributed by atoms with E-state index in [9.17, 15) is 41.1 Å². The molecule has 0 bridgehead atoms. The van der Waals surface area contributed by atoms with E-state index in [0.29, 0.717) is 6.42 Å². The fraction of sp³-hybridized carbons (Fsp3) is 0.800. The zero-order valence-corrected chi connectivity index (χ0v) is 22.2. The fourth-order valence-corrected chi connectivity index (χ4v) is 4.92. The van der Waals surface area contributed by atoms with Crippen LogP contribution in [0.1, 0.15) is 65.7 Å². The van der Waals surface area contributed by atoms with E-state index in [1.807, 2.05) is 0 Å². The number of amides is 4. The summed E-state index contributed by atoms with van der Waals surface area (Å²) in [4.78, 5) is 54.2. The van der Waals surface area contributed by atoms with Gasteiger partial charge in [0, 0.05) is 29.8 Å². The Kier molecular flexibility index (Phi) is 8.66. The van der Waals surface area contributed by atoms with Gasteiger partial charge in [-0.25, -0.2) is 8.78 Å². The number of carbonyl (C=O) groups excluding carboxylic acids is 4. The number of nitrogens with zero attached hydrogens (tertiary/aromatic N) is 1. The average Bonchev–Trinajstić information content (AvgIpc) is 3.68. The van der Waals surface area contributed by atoms with Crippen molar-refractivity contribution in [2.45, 2.75) is 101 Å². The first-order valence-electron chi connectivity index (χ1n) is 13.0. The summed E-state index contributed by atoms with van der Waals surface area (Å²) in [5, 5.41) is 9.57. The molecular weight excluding hydrogens is 529 g/mol. The van der Waals surface area contributed by atoms with E-state index in [1.54, 1.807) is 5.32 Å². The van der Waals surface area contributed by atoms with Gasteiger partial charge in [0.25, 0.3) is 5.92 Å². The molecule has 0 radical (unpaired) electrons. The van der Waals surface area contributed by atoms with Crippen LogP contribution in [-0.2, 0) is 19.2 Å². The van der Waals surface area contributed by atoms with Gasteiger partial charge in [0.2, 0.25) is 17.7 Å². The second-order valence-corrected chi connectivity index (χ2v) is 12.1. The van der Waals surface area contributed by atoms with Gasteiger partial charge in [-0.3, -0.25) is 24.2 Å². The standard InChI is InChI=1S/C25H36F5N5O4/c1-22(2,3)17(34-21(39)25(28,29)30)20(38)33-16(10-14-11-24(14,26)27)19(37)32-15(12-31-4)9-13-5-6-23(7-8-23)35-18(13)36/h13-17H,4-12H2,1-3H3,(H,32,37)(H,33,38)(H,34,39)(H,35,36). The molecule has 1 heterocycles. The predicted octanol–water partition coefficient (Wildman–Crippen LogP) is 2.24. The third-order valence-corrected chi connectivity index (χ3v) is 7.62. The van der Waals surface area contributed by atoms with Crippen LogP contribution < -0.4 is 21.3 Å². The molecule has 9 nitrogen and oxygen atoms in total. The molecule has 1 spiro atoms. The third kappa shape index (κ3) is 8.10. The van der Waals surface area contributed by atoms with Crippen LogP contribution in [0, 0.1) is 17.3 Å². The molecular formula is C25H36F5N5O4. The maximum atomic E-state index is 13.7. The van der Waals surface area contributed by atoms with Gasteiger partial charge in [-0.2, -0.15) is 13.2 Å². The lowest BCUT2D eigenvalue weighted by molar-refractivity contribution is -0.175. The smallest absolute Gasteiger partial charge is 0.350 e. The van der Waals surface area contributed by atoms with Crippen LogP contribution in [-0.4, -0.2) is 72.7 Å². The van der Waals surface area contributed by atoms with Gasteiger partial charge >= 0.3 is 12.1 Å². The van der Waals surface area contributed by atoms with Crippen molar-refractivity contribution < 1.29 is 41.1 Å². The molecule has 14 heteroatoms. The Morgan fingerprint density at radius 3 is 2.13 bits per heavy atom. The summed E-state index contributed by atoms with van der Waals surface area (Å²) in [6, 6.07) is -3.93. The SMILES string of the molecule is C=NCC(CC1CCC2(CC2)NC1=O)NC(=O)C(CC1CC1(F)F)NC(=O)C(NC(=O)C(F)(F)F)C(C)(C)C. The van der Waals surface area contributed by atoms with E-state index >= 15 is 0 Å². The van der Waals surface area contributed by atoms with E-state index in [4.69, 9.17) is 0 Å². The number of alkyl halides is 5. The van der Waals surface area contributed by atoms with E-state index < -0.39 is 78.0 Å². The molecule has 5 unspecified atom stereocenters. The molecule has 4 amide bonds. The summed E-state index contributed by atoms with van der Waals surface area (Å²) in [6.45, 7) is 7.66. The molecule has 2 saturated carbocycles. The first-order chi connectivity index (χ1) is 17.9. The number of halogens is 5. The Bertz CT molecular complexity index is 992. The van der Waals surface area contributed by atoms with Crippen molar-refractivity contribution in [3.05, 3.63) is 0 Å². The molecule has 5 atom stereocenters. The molecule has 1 saturated heterocycles. The average molecular weight is 566 g/mol. The van der Waals surface area contributed by atoms with E-state index in [0.717, 1.165) is 19.3 Å². The number of rotatable bonds is 11. The van der Waals surface area contributed by atoms with Gasteiger partial charge in [-0.15, -0.1) is 0 Å². The van der Waals surface area contributed by atoms with Gasteiger partial charge in [-0.05, 0) is 50.7 Å². The number of hydrogen-bond acceptors (Lipinski definition) is 5. The van der Waals surface area contributed by atoms with E-state index in [1.165, 1.54) is 20.8 Å². The Hall–Kier alpha value is -2.80. The van der Waals surface area contributed by atoms with Crippen molar-refractivity contribution >= 4 is 30.3 Å². The minimum atomic E-state index is -5.26. The normalized spacial score (nSPS) is 25.5. The van der Waals surface area contributed by atoms with Crippen LogP contribution in [0.2, 0.25) is 0 Å². The number of aliphatic imine (C=N–C) groups is 1. The molecule has 1 aliphatic heterocycles. The van der Waals surface area contributed by atoms with Crippen LogP contribution in [0.15, 0.2) is 4.99 Å². The first-order valence-corrected chi connectivity index (χ1v) is 13.0. The van der Waals surface area contributed by atoms with Crippen LogP contribution in [0.5, 0.6) is 0 Å². The van der Waals surface area contributed by atoms with Gasteiger partial charge in [0.05, 0.1) is 6.54 Å². The Balaban J connectivity index is 1.72. The highest BCUT2D eigenvalue weighted by Gasteiger charge is 2.58. The molecule has 3 fully saturated rings. The maximum absolute atomic E-state index is 13.7. The highest BCUT2D eigenvalue weighted by molar-refractivity contribution is 5.93. The minimum Gasteiger partial charge on any atom is -0.350 e. The minimum absolute atomic E-state index is 0.0210. The monoisotopic (exact) mass is 565 g/mol. The predicted molar refractivity (Wildman–Crippen MR) is 131 cm³/mol. The van der Waals surface area contributed by atoms with Gasteiger partial charge in [-0.1, -0.05) is 20.8 Å². The zero-order valence-electron chi connectivity index (χ0n) is 22.2. The molecule has 0 aromatic carbocycles. The topological polar surface area (TPSA) is 129 Å². The lowest BCUT2D eigenvalue weighted by atomic mass is 9.85. The number of nitrogens with one attached hydrogen (secondary N) is 4. The van der Waals surface area contributed by atoms with Gasteiger partial charge < -0.3 is 21.3 Å². The van der Waals surface area contributed by atoms with Crippen molar-refractivity contribution in [1.29, 1.82) is 0 Å². The summed E-state index contributed by atoms with van der Waals surface area (Å²) in [5.41, 5.74) is -1.34. The van der Waals surface area contributed by atoms with Crippen LogP contribution in [0.3, 0.4) is 0 Å². The first kappa shape index (κ1) is 30.7. The molecule has 0 aromatic rings. The molecule has 2 aliphatic carbocycles. The molecule has 39 heavy (non-hydrogen) atoms. The zero-order chi connectivity index (χ0) is 29.4. The van der Waals surface area contributed by atoms with Crippen molar-refractivity contribution in [3.8, 4) is 0 Å². The number of carbonyl (C=O) groups is 4. The van der Waals surface area contributed by atoms with Gasteiger partial charge in [0.15, 0.2) is 0 Å². The molecule has 3 rings (SSSR count). The summed E-state index contributed by atoms with van der Waals surface area (Å²) in [7, 11) is 0. The summed E-state index contributed by atoms with van der Waals surface area (Å²) in [5.74, 6) is -9.10. The number of piperidine rings is 1.